The van der Waals surface area contributed by atoms with Crippen LogP contribution in [0.4, 0.5) is 0 Å². The van der Waals surface area contributed by atoms with Gasteiger partial charge in [0.05, 0.1) is 17.5 Å². The molecule has 59 heavy (non-hydrogen) atoms. The molecule has 1 saturated heterocycles. The van der Waals surface area contributed by atoms with Crippen molar-refractivity contribution in [2.75, 3.05) is 59.5 Å². The normalized spacial score (nSPS) is 36.4. The number of fused-ring (bicyclic) bond motifs is 7. The molecule has 1 aromatic carbocycles. The number of carbonyl (C=O) groups excluding carboxylic acids is 4. The molecular weight excluding hydrogens is 737 g/mol. The van der Waals surface area contributed by atoms with Crippen LogP contribution in [0.1, 0.15) is 147 Å². The fourth-order valence-corrected chi connectivity index (χ4v) is 14.4. The summed E-state index contributed by atoms with van der Waals surface area (Å²) in [5, 5.41) is 6.17. The molecule has 0 radical (unpaired) electrons. The van der Waals surface area contributed by atoms with E-state index in [0.29, 0.717) is 35.3 Å². The van der Waals surface area contributed by atoms with E-state index in [4.69, 9.17) is 4.74 Å². The lowest BCUT2D eigenvalue weighted by molar-refractivity contribution is -0.193. The Balaban J connectivity index is 1.08. The first-order chi connectivity index (χ1) is 27.8. The monoisotopic (exact) mass is 813 g/mol. The van der Waals surface area contributed by atoms with Crippen LogP contribution in [-0.2, 0) is 14.3 Å². The highest BCUT2D eigenvalue weighted by molar-refractivity contribution is 6.06. The number of nitrogens with one attached hydrogen (secondary N) is 2. The largest absolute Gasteiger partial charge is 0.460 e. The minimum absolute atomic E-state index is 0.00366. The molecule has 4 saturated carbocycles. The SMILES string of the molecule is CC(=O)NCCOC(=O)c1ccccc1C(=O)C[C@H]1CC[C@@]2(C)C(CC[C@]3(C)[C@@H]2CC=C2[C@@H]4CC(C)(C)CC[C@]4(C(=O)NCCN4CCN(C)CC4)CC[C@]23C)C1(C)C. The van der Waals surface area contributed by atoms with Crippen LogP contribution in [0, 0.1) is 56.2 Å². The number of ether oxygens (including phenoxy) is 1. The highest BCUT2D eigenvalue weighted by atomic mass is 16.5. The van der Waals surface area contributed by atoms with Gasteiger partial charge in [0.1, 0.15) is 6.61 Å². The summed E-state index contributed by atoms with van der Waals surface area (Å²) in [6, 6.07) is 7.03. The van der Waals surface area contributed by atoms with E-state index in [1.54, 1.807) is 23.8 Å². The summed E-state index contributed by atoms with van der Waals surface area (Å²) < 4.78 is 5.45. The van der Waals surface area contributed by atoms with Crippen LogP contribution in [0.15, 0.2) is 35.9 Å². The molecule has 1 aromatic rings. The lowest BCUT2D eigenvalue weighted by Gasteiger charge is -2.71. The molecule has 0 spiro atoms. The van der Waals surface area contributed by atoms with Crippen molar-refractivity contribution in [2.24, 2.45) is 56.2 Å². The van der Waals surface area contributed by atoms with Crippen LogP contribution in [0.3, 0.4) is 0 Å². The minimum Gasteiger partial charge on any atom is -0.460 e. The van der Waals surface area contributed by atoms with Gasteiger partial charge in [-0.2, -0.15) is 0 Å². The summed E-state index contributed by atoms with van der Waals surface area (Å²) in [7, 11) is 2.19. The van der Waals surface area contributed by atoms with Gasteiger partial charge < -0.3 is 20.3 Å². The van der Waals surface area contributed by atoms with E-state index in [-0.39, 0.29) is 69.2 Å². The number of Topliss-reactive ketones (excluding diaryl/α,β-unsaturated/α-hetero) is 1. The van der Waals surface area contributed by atoms with Gasteiger partial charge >= 0.3 is 5.97 Å². The molecule has 9 nitrogen and oxygen atoms in total. The maximum absolute atomic E-state index is 14.6. The van der Waals surface area contributed by atoms with Gasteiger partial charge in [0.2, 0.25) is 11.8 Å². The highest BCUT2D eigenvalue weighted by Crippen LogP contribution is 2.76. The number of nitrogens with zero attached hydrogens (tertiary/aromatic N) is 2. The summed E-state index contributed by atoms with van der Waals surface area (Å²) in [4.78, 5) is 58.0. The predicted octanol–water partition coefficient (Wildman–Crippen LogP) is 8.33. The van der Waals surface area contributed by atoms with Gasteiger partial charge in [-0.15, -0.1) is 0 Å². The average Bonchev–Trinajstić information content (AvgIpc) is 3.18. The third-order valence-electron chi connectivity index (χ3n) is 18.2. The van der Waals surface area contributed by atoms with E-state index < -0.39 is 5.97 Å². The summed E-state index contributed by atoms with van der Waals surface area (Å²) in [5.41, 5.74) is 2.49. The smallest absolute Gasteiger partial charge is 0.338 e. The zero-order valence-corrected chi connectivity index (χ0v) is 38.1. The molecule has 0 bridgehead atoms. The van der Waals surface area contributed by atoms with E-state index in [0.717, 1.165) is 97.1 Å². The van der Waals surface area contributed by atoms with Crippen molar-refractivity contribution in [1.29, 1.82) is 0 Å². The van der Waals surface area contributed by atoms with Gasteiger partial charge in [0.15, 0.2) is 5.78 Å². The van der Waals surface area contributed by atoms with Gasteiger partial charge in [-0.1, -0.05) is 78.3 Å². The molecule has 1 aliphatic heterocycles. The van der Waals surface area contributed by atoms with Crippen LogP contribution in [0.5, 0.6) is 0 Å². The Hall–Kier alpha value is -3.04. The van der Waals surface area contributed by atoms with Crippen LogP contribution in [0.2, 0.25) is 0 Å². The molecule has 5 fully saturated rings. The first kappa shape index (κ1) is 44.0. The summed E-state index contributed by atoms with van der Waals surface area (Å²) in [6.45, 7) is 25.3. The summed E-state index contributed by atoms with van der Waals surface area (Å²) >= 11 is 0. The number of likely N-dealkylation sites (N-methyl/N-ethyl adjacent to an activating group) is 1. The number of amides is 2. The van der Waals surface area contributed by atoms with Crippen LogP contribution in [-0.4, -0.2) is 92.8 Å². The number of allylic oxidation sites excluding steroid dienone is 2. The first-order valence-electron chi connectivity index (χ1n) is 23.2. The fourth-order valence-electron chi connectivity index (χ4n) is 14.4. The van der Waals surface area contributed by atoms with Crippen molar-refractivity contribution in [1.82, 2.24) is 20.4 Å². The summed E-state index contributed by atoms with van der Waals surface area (Å²) in [5.74, 6) is 1.12. The molecule has 1 heterocycles. The van der Waals surface area contributed by atoms with Crippen molar-refractivity contribution in [3.8, 4) is 0 Å². The van der Waals surface area contributed by atoms with Crippen molar-refractivity contribution in [2.45, 2.75) is 126 Å². The molecule has 326 valence electrons. The fraction of sp³-hybridized carbons (Fsp3) is 0.760. The average molecular weight is 813 g/mol. The Morgan fingerprint density at radius 3 is 2.20 bits per heavy atom. The molecule has 2 N–H and O–H groups in total. The molecule has 9 heteroatoms. The molecule has 2 amide bonds. The topological polar surface area (TPSA) is 108 Å². The Morgan fingerprint density at radius 1 is 0.797 bits per heavy atom. The number of ketones is 1. The van der Waals surface area contributed by atoms with Gasteiger partial charge in [-0.3, -0.25) is 19.3 Å². The molecule has 8 atom stereocenters. The van der Waals surface area contributed by atoms with Gasteiger partial charge in [-0.05, 0) is 128 Å². The maximum atomic E-state index is 14.6. The molecule has 7 rings (SSSR count). The zero-order chi connectivity index (χ0) is 42.6. The minimum atomic E-state index is -0.529. The highest BCUT2D eigenvalue weighted by Gasteiger charge is 2.69. The van der Waals surface area contributed by atoms with Gasteiger partial charge in [0, 0.05) is 58.2 Å². The predicted molar refractivity (Wildman–Crippen MR) is 234 cm³/mol. The Bertz CT molecular complexity index is 1810. The molecule has 5 aliphatic carbocycles. The molecular formula is C50H76N4O5. The zero-order valence-electron chi connectivity index (χ0n) is 38.1. The molecule has 1 unspecified atom stereocenters. The number of piperazine rings is 1. The number of benzene rings is 1. The Kier molecular flexibility index (Phi) is 12.2. The van der Waals surface area contributed by atoms with E-state index in [2.05, 4.69) is 82.0 Å². The van der Waals surface area contributed by atoms with Crippen LogP contribution < -0.4 is 10.6 Å². The third kappa shape index (κ3) is 7.87. The Morgan fingerprint density at radius 2 is 1.49 bits per heavy atom. The summed E-state index contributed by atoms with van der Waals surface area (Å²) in [6.07, 6.45) is 13.8. The van der Waals surface area contributed by atoms with Crippen LogP contribution >= 0.6 is 0 Å². The first-order valence-corrected chi connectivity index (χ1v) is 23.2. The molecule has 0 aromatic heterocycles. The van der Waals surface area contributed by atoms with Crippen LogP contribution in [0.25, 0.3) is 0 Å². The second kappa shape index (κ2) is 16.3. The van der Waals surface area contributed by atoms with Gasteiger partial charge in [-0.25, -0.2) is 4.79 Å². The molecule has 6 aliphatic rings. The van der Waals surface area contributed by atoms with E-state index >= 15 is 0 Å². The van der Waals surface area contributed by atoms with E-state index in [1.807, 2.05) is 6.07 Å². The third-order valence-corrected chi connectivity index (χ3v) is 18.2. The van der Waals surface area contributed by atoms with E-state index in [1.165, 1.54) is 13.3 Å². The lowest BCUT2D eigenvalue weighted by atomic mass is 9.33. The van der Waals surface area contributed by atoms with Crippen molar-refractivity contribution in [3.63, 3.8) is 0 Å². The van der Waals surface area contributed by atoms with Crippen molar-refractivity contribution < 1.29 is 23.9 Å². The lowest BCUT2D eigenvalue weighted by Crippen LogP contribution is -2.65. The van der Waals surface area contributed by atoms with Crippen molar-refractivity contribution in [3.05, 3.63) is 47.0 Å². The number of hydrogen-bond acceptors (Lipinski definition) is 7. The number of esters is 1. The Labute approximate surface area is 355 Å². The number of rotatable bonds is 11. The number of hydrogen-bond donors (Lipinski definition) is 2. The standard InChI is InChI=1S/C50H76N4O5/c1-34(55)51-25-31-59-43(57)37-13-11-10-12-36(37)40(56)32-35-16-18-47(6)41(46(35,4)5)17-19-49(8)42(47)15-14-38-39-33-45(2,3)20-22-50(39,23-21-48(38,49)7)44(58)52-24-26-54-29-27-53(9)28-30-54/h10-14,35,39,41-42H,15-33H2,1-9H3,(H,51,55)(H,52,58)/t35-,39+,41?,42-,47+,48-,49-,50+/m1/s1. The van der Waals surface area contributed by atoms with E-state index in [9.17, 15) is 19.2 Å². The second-order valence-electron chi connectivity index (χ2n) is 22.1. The maximum Gasteiger partial charge on any atom is 0.338 e. The second-order valence-corrected chi connectivity index (χ2v) is 22.1. The van der Waals surface area contributed by atoms with Gasteiger partial charge in [0.25, 0.3) is 0 Å². The van der Waals surface area contributed by atoms with Crippen molar-refractivity contribution >= 4 is 23.6 Å². The number of carbonyl (C=O) groups is 4. The quantitative estimate of drug-likeness (QED) is 0.100.